The second-order valence-electron chi connectivity index (χ2n) is 5.62. The first kappa shape index (κ1) is 20.5. The Morgan fingerprint density at radius 1 is 1.15 bits per heavy atom. The van der Waals surface area contributed by atoms with Gasteiger partial charge >= 0.3 is 5.97 Å². The lowest BCUT2D eigenvalue weighted by Crippen LogP contribution is -2.12. The van der Waals surface area contributed by atoms with Crippen LogP contribution < -0.4 is 4.74 Å². The van der Waals surface area contributed by atoms with Crippen LogP contribution in [0.1, 0.15) is 52.9 Å². The zero-order valence-electron chi connectivity index (χ0n) is 15.0. The van der Waals surface area contributed by atoms with E-state index in [9.17, 15) is 9.59 Å². The maximum absolute atomic E-state index is 12.1. The highest BCUT2D eigenvalue weighted by Crippen LogP contribution is 2.23. The fraction of sp³-hybridized carbons (Fsp3) is 0.421. The SMILES string of the molecule is CCCCCCSc1ccc(OCC(=O)c2nc(C(=O)OC)cs2)cc1. The van der Waals surface area contributed by atoms with Crippen molar-refractivity contribution in [3.05, 3.63) is 40.3 Å². The number of thiazole rings is 1. The van der Waals surface area contributed by atoms with Crippen LogP contribution in [-0.4, -0.2) is 36.2 Å². The molecular formula is C19H23NO4S2. The number of rotatable bonds is 11. The Bertz CT molecular complexity index is 713. The molecule has 26 heavy (non-hydrogen) atoms. The summed E-state index contributed by atoms with van der Waals surface area (Å²) >= 11 is 2.94. The Kier molecular flexibility index (Phi) is 8.64. The van der Waals surface area contributed by atoms with Gasteiger partial charge < -0.3 is 9.47 Å². The second-order valence-corrected chi connectivity index (χ2v) is 7.65. The molecule has 1 aromatic heterocycles. The van der Waals surface area contributed by atoms with Gasteiger partial charge in [-0.1, -0.05) is 26.2 Å². The van der Waals surface area contributed by atoms with Gasteiger partial charge in [-0.15, -0.1) is 23.1 Å². The predicted molar refractivity (Wildman–Crippen MR) is 105 cm³/mol. The van der Waals surface area contributed by atoms with Crippen molar-refractivity contribution >= 4 is 34.9 Å². The van der Waals surface area contributed by atoms with E-state index in [1.165, 1.54) is 43.1 Å². The third kappa shape index (κ3) is 6.46. The lowest BCUT2D eigenvalue weighted by molar-refractivity contribution is 0.0595. The molecule has 2 aromatic rings. The van der Waals surface area contributed by atoms with Gasteiger partial charge in [0.1, 0.15) is 5.75 Å². The zero-order chi connectivity index (χ0) is 18.8. The maximum atomic E-state index is 12.1. The zero-order valence-corrected chi connectivity index (χ0v) is 16.7. The third-order valence-electron chi connectivity index (χ3n) is 3.60. The van der Waals surface area contributed by atoms with Crippen LogP contribution in [0.3, 0.4) is 0 Å². The van der Waals surface area contributed by atoms with Crippen LogP contribution in [0.25, 0.3) is 0 Å². The number of benzene rings is 1. The first-order chi connectivity index (χ1) is 12.6. The first-order valence-electron chi connectivity index (χ1n) is 8.56. The summed E-state index contributed by atoms with van der Waals surface area (Å²) in [5, 5.41) is 1.75. The summed E-state index contributed by atoms with van der Waals surface area (Å²) in [5.41, 5.74) is 0.140. The maximum Gasteiger partial charge on any atom is 0.357 e. The molecule has 5 nitrogen and oxygen atoms in total. The standard InChI is InChI=1S/C19H23NO4S2/c1-3-4-5-6-11-25-15-9-7-14(8-10-15)24-12-17(21)18-20-16(13-26-18)19(22)23-2/h7-10,13H,3-6,11-12H2,1-2H3. The molecular weight excluding hydrogens is 370 g/mol. The normalized spacial score (nSPS) is 10.5. The van der Waals surface area contributed by atoms with Gasteiger partial charge in [0.2, 0.25) is 5.78 Å². The van der Waals surface area contributed by atoms with Crippen molar-refractivity contribution in [1.29, 1.82) is 0 Å². The van der Waals surface area contributed by atoms with E-state index in [0.29, 0.717) is 5.75 Å². The summed E-state index contributed by atoms with van der Waals surface area (Å²) in [4.78, 5) is 28.6. The number of ketones is 1. The fourth-order valence-corrected chi connectivity index (χ4v) is 3.79. The summed E-state index contributed by atoms with van der Waals surface area (Å²) in [6.07, 6.45) is 5.05. The van der Waals surface area contributed by atoms with Crippen LogP contribution in [0.2, 0.25) is 0 Å². The number of hydrogen-bond acceptors (Lipinski definition) is 7. The molecule has 0 N–H and O–H groups in total. The van der Waals surface area contributed by atoms with Gasteiger partial charge in [0.25, 0.3) is 0 Å². The van der Waals surface area contributed by atoms with Gasteiger partial charge in [-0.05, 0) is 36.4 Å². The molecule has 0 saturated carbocycles. The largest absolute Gasteiger partial charge is 0.485 e. The molecule has 0 aliphatic carbocycles. The van der Waals surface area contributed by atoms with Crippen molar-refractivity contribution in [1.82, 2.24) is 4.98 Å². The number of unbranched alkanes of at least 4 members (excludes halogenated alkanes) is 3. The van der Waals surface area contributed by atoms with Gasteiger partial charge in [0.15, 0.2) is 17.3 Å². The summed E-state index contributed by atoms with van der Waals surface area (Å²) in [5.74, 6) is 0.938. The lowest BCUT2D eigenvalue weighted by atomic mass is 10.2. The number of methoxy groups -OCH3 is 1. The molecule has 7 heteroatoms. The average molecular weight is 394 g/mol. The van der Waals surface area contributed by atoms with E-state index < -0.39 is 5.97 Å². The fourth-order valence-electron chi connectivity index (χ4n) is 2.16. The van der Waals surface area contributed by atoms with Crippen molar-refractivity contribution in [3.63, 3.8) is 0 Å². The van der Waals surface area contributed by atoms with E-state index in [2.05, 4.69) is 16.6 Å². The number of hydrogen-bond donors (Lipinski definition) is 0. The number of ether oxygens (including phenoxy) is 2. The Hall–Kier alpha value is -1.86. The molecule has 0 radical (unpaired) electrons. The Balaban J connectivity index is 1.77. The molecule has 140 valence electrons. The molecule has 0 atom stereocenters. The smallest absolute Gasteiger partial charge is 0.357 e. The van der Waals surface area contributed by atoms with Gasteiger partial charge in [-0.3, -0.25) is 4.79 Å². The Morgan fingerprint density at radius 3 is 2.62 bits per heavy atom. The van der Waals surface area contributed by atoms with Crippen molar-refractivity contribution < 1.29 is 19.1 Å². The minimum absolute atomic E-state index is 0.113. The topological polar surface area (TPSA) is 65.5 Å². The summed E-state index contributed by atoms with van der Waals surface area (Å²) in [6, 6.07) is 7.73. The second kappa shape index (κ2) is 11.0. The average Bonchev–Trinajstić information content (AvgIpc) is 3.16. The highest BCUT2D eigenvalue weighted by molar-refractivity contribution is 7.99. The summed E-state index contributed by atoms with van der Waals surface area (Å²) < 4.78 is 10.1. The molecule has 2 rings (SSSR count). The monoisotopic (exact) mass is 393 g/mol. The third-order valence-corrected chi connectivity index (χ3v) is 5.58. The van der Waals surface area contributed by atoms with Crippen LogP contribution in [0.4, 0.5) is 0 Å². The number of nitrogens with zero attached hydrogens (tertiary/aromatic N) is 1. The van der Waals surface area contributed by atoms with Gasteiger partial charge in [0, 0.05) is 10.3 Å². The molecule has 0 aliphatic rings. The molecule has 1 heterocycles. The number of carbonyl (C=O) groups is 2. The Morgan fingerprint density at radius 2 is 1.92 bits per heavy atom. The number of aromatic nitrogens is 1. The van der Waals surface area contributed by atoms with E-state index in [0.717, 1.165) is 17.1 Å². The molecule has 0 spiro atoms. The number of Topliss-reactive ketones (excluding diaryl/α,β-unsaturated/α-hetero) is 1. The quantitative estimate of drug-likeness (QED) is 0.235. The van der Waals surface area contributed by atoms with Crippen molar-refractivity contribution in [2.24, 2.45) is 0 Å². The highest BCUT2D eigenvalue weighted by Gasteiger charge is 2.16. The van der Waals surface area contributed by atoms with Crippen molar-refractivity contribution in [2.75, 3.05) is 19.5 Å². The van der Waals surface area contributed by atoms with E-state index in [4.69, 9.17) is 4.74 Å². The van der Waals surface area contributed by atoms with E-state index in [1.54, 1.807) is 0 Å². The molecule has 0 amide bonds. The van der Waals surface area contributed by atoms with Crippen LogP contribution in [-0.2, 0) is 4.74 Å². The lowest BCUT2D eigenvalue weighted by Gasteiger charge is -2.06. The van der Waals surface area contributed by atoms with Crippen LogP contribution in [0, 0.1) is 0 Å². The number of thioether (sulfide) groups is 1. The number of esters is 1. The molecule has 0 fully saturated rings. The summed E-state index contributed by atoms with van der Waals surface area (Å²) in [6.45, 7) is 2.10. The highest BCUT2D eigenvalue weighted by atomic mass is 32.2. The van der Waals surface area contributed by atoms with Gasteiger partial charge in [-0.2, -0.15) is 0 Å². The van der Waals surface area contributed by atoms with Crippen LogP contribution >= 0.6 is 23.1 Å². The minimum Gasteiger partial charge on any atom is -0.485 e. The van der Waals surface area contributed by atoms with E-state index in [-0.39, 0.29) is 23.1 Å². The molecule has 0 unspecified atom stereocenters. The first-order valence-corrected chi connectivity index (χ1v) is 10.4. The predicted octanol–water partition coefficient (Wildman–Crippen LogP) is 4.86. The molecule has 0 saturated heterocycles. The molecule has 1 aromatic carbocycles. The Labute approximate surface area is 162 Å². The van der Waals surface area contributed by atoms with E-state index >= 15 is 0 Å². The van der Waals surface area contributed by atoms with Crippen molar-refractivity contribution in [2.45, 2.75) is 37.5 Å². The minimum atomic E-state index is -0.552. The van der Waals surface area contributed by atoms with Crippen LogP contribution in [0.5, 0.6) is 5.75 Å². The molecule has 0 bridgehead atoms. The van der Waals surface area contributed by atoms with Gasteiger partial charge in [-0.25, -0.2) is 9.78 Å². The molecule has 0 aliphatic heterocycles. The van der Waals surface area contributed by atoms with Crippen LogP contribution in [0.15, 0.2) is 34.5 Å². The number of carbonyl (C=O) groups excluding carboxylic acids is 2. The van der Waals surface area contributed by atoms with E-state index in [1.807, 2.05) is 36.0 Å². The van der Waals surface area contributed by atoms with Crippen molar-refractivity contribution in [3.8, 4) is 5.75 Å². The summed E-state index contributed by atoms with van der Waals surface area (Å²) in [7, 11) is 1.28. The van der Waals surface area contributed by atoms with Gasteiger partial charge in [0.05, 0.1) is 7.11 Å².